The Kier molecular flexibility index (Phi) is 38.5. The number of carbonyl (C=O) groups is 6. The van der Waals surface area contributed by atoms with E-state index in [2.05, 4.69) is 152 Å². The average molecular weight is 1600 g/mol. The predicted octanol–water partition coefficient (Wildman–Crippen LogP) is 19.7. The first-order valence-corrected chi connectivity index (χ1v) is 37.6. The molecule has 0 saturated carbocycles. The van der Waals surface area contributed by atoms with Gasteiger partial charge in [0.25, 0.3) is 5.24 Å². The third-order valence-corrected chi connectivity index (χ3v) is 17.2. The van der Waals surface area contributed by atoms with Crippen LogP contribution in [0.15, 0.2) is 207 Å². The molecule has 11 rings (SSSR count). The van der Waals surface area contributed by atoms with E-state index in [1.807, 2.05) is 76.2 Å². The highest BCUT2D eigenvalue weighted by molar-refractivity contribution is 6.67. The second-order valence-corrected chi connectivity index (χ2v) is 29.0. The van der Waals surface area contributed by atoms with Gasteiger partial charge in [-0.1, -0.05) is 229 Å². The van der Waals surface area contributed by atoms with Gasteiger partial charge in [-0.2, -0.15) is 0 Å². The van der Waals surface area contributed by atoms with Crippen LogP contribution in [0.3, 0.4) is 0 Å². The van der Waals surface area contributed by atoms with Gasteiger partial charge in [0.2, 0.25) is 6.34 Å². The summed E-state index contributed by atoms with van der Waals surface area (Å²) in [5.74, 6) is 0.163. The van der Waals surface area contributed by atoms with E-state index in [9.17, 15) is 39.0 Å². The minimum atomic E-state index is -1.18. The van der Waals surface area contributed by atoms with Crippen LogP contribution < -0.4 is 31.5 Å². The van der Waals surface area contributed by atoms with E-state index in [4.69, 9.17) is 46.2 Å². The lowest BCUT2D eigenvalue weighted by Crippen LogP contribution is -3.00. The van der Waals surface area contributed by atoms with Crippen molar-refractivity contribution in [1.82, 2.24) is 0 Å². The Hall–Kier alpha value is -12.3. The molecule has 0 atom stereocenters. The molecule has 10 aromatic rings. The number of phenols is 4. The van der Waals surface area contributed by atoms with Gasteiger partial charge in [0.15, 0.2) is 0 Å². The lowest BCUT2D eigenvalue weighted by atomic mass is 9.92. The van der Waals surface area contributed by atoms with E-state index >= 15 is 0 Å². The zero-order valence-corrected chi connectivity index (χ0v) is 70.0. The van der Waals surface area contributed by atoms with Gasteiger partial charge in [-0.25, -0.2) is 19.1 Å². The standard InChI is InChI=1S/C27H39N2.C18H18O2.C16H14O4.C10H10O2.C9H9ClO.C9H10O2.C7H6O4.ClH/c1-18(2)22-11-9-12-23(19(3)4)26(22)28-15-16-29(17-28)27-24(20(5)6)13-10-14-25(27)21(7)8;1-13-10-14(2)12-17(11-13)5-4-16-6-8-18(9-7-16)20-15(3)19;1-11(17)20-16-6-4-12(5-7-16)2-3-13-8-14(18)10-15(19)9-13;1-3-9-4-6-10(7-5-9)12-8(2)11;2*1-6-3-7(2)5-8(4-6)9(10)11;8-5-1-4(7(10)11)2-6(9)3-5;/h9-14,17-21H,15-16H2,1-8H3;4-12H,1-3H3;2-10,18-19H,1H3;3-7H,1H2,2H3;3-5H,1-2H3;3-5H,1-2H3,(H,10,11);1-3,8-9H,(H,10,11);1H/q+1;;;;;;;/p-1/b;5-4+;3-2+;;;;;. The first-order chi connectivity index (χ1) is 53.8. The van der Waals surface area contributed by atoms with Gasteiger partial charge >= 0.3 is 29.8 Å². The zero-order chi connectivity index (χ0) is 84.6. The maximum absolute atomic E-state index is 10.8. The third-order valence-electron chi connectivity index (χ3n) is 17.0. The van der Waals surface area contributed by atoms with Gasteiger partial charge in [-0.15, -0.1) is 0 Å². The van der Waals surface area contributed by atoms with Gasteiger partial charge in [0.1, 0.15) is 64.7 Å². The van der Waals surface area contributed by atoms with Crippen LogP contribution in [-0.4, -0.2) is 89.7 Å². The summed E-state index contributed by atoms with van der Waals surface area (Å²) in [7, 11) is 0. The van der Waals surface area contributed by atoms with E-state index in [1.54, 1.807) is 97.1 Å². The van der Waals surface area contributed by atoms with Gasteiger partial charge in [0.05, 0.1) is 11.1 Å². The highest BCUT2D eigenvalue weighted by atomic mass is 35.5. The molecule has 10 aromatic carbocycles. The van der Waals surface area contributed by atoms with Crippen molar-refractivity contribution in [2.45, 2.75) is 141 Å². The smallest absolute Gasteiger partial charge is 0.335 e. The number of aromatic carboxylic acids is 2. The number of hydrogen-bond acceptors (Lipinski definition) is 14. The molecule has 115 heavy (non-hydrogen) atoms. The number of anilines is 1. The van der Waals surface area contributed by atoms with Crippen LogP contribution in [0.2, 0.25) is 0 Å². The fourth-order valence-corrected chi connectivity index (χ4v) is 12.2. The Labute approximate surface area is 687 Å². The average Bonchev–Trinajstić information content (AvgIpc) is 1.68. The molecule has 0 aromatic heterocycles. The molecule has 0 spiro atoms. The molecular weight excluding hydrogens is 1490 g/mol. The summed E-state index contributed by atoms with van der Waals surface area (Å²) in [6, 6.07) is 60.1. The van der Waals surface area contributed by atoms with Gasteiger partial charge in [-0.05, 0) is 190 Å². The molecule has 0 saturated heterocycles. The van der Waals surface area contributed by atoms with Crippen molar-refractivity contribution in [3.63, 3.8) is 0 Å². The number of rotatable bonds is 17. The van der Waals surface area contributed by atoms with Crippen LogP contribution in [0.5, 0.6) is 40.2 Å². The summed E-state index contributed by atoms with van der Waals surface area (Å²) < 4.78 is 17.3. The first kappa shape index (κ1) is 95.1. The SMILES string of the molecule is C=Cc1ccc(OC(C)=O)cc1.CC(=O)Oc1ccc(/C=C/c2cc(C)cc(C)c2)cc1.CC(=O)Oc1ccc(/C=C/c2cc(O)cc(O)c2)cc1.CC(C)c1cccc(C(C)C)c1N1C=[N+](c2c(C(C)C)cccc2C(C)C)CC1.Cc1cc(C)cc(C(=O)Cl)c1.Cc1cc(C)cc(C(=O)O)c1.O=C(O)c1cc(O)cc(O)c1.[Cl-]. The van der Waals surface area contributed by atoms with Crippen molar-refractivity contribution in [2.75, 3.05) is 18.0 Å². The molecular formula is C96H106Cl2N2O15. The third kappa shape index (κ3) is 33.1. The second-order valence-electron chi connectivity index (χ2n) is 28.6. The van der Waals surface area contributed by atoms with Crippen molar-refractivity contribution >= 4 is 94.8 Å². The number of nitrogens with zero attached hydrogens (tertiary/aromatic N) is 2. The Balaban J connectivity index is 0.000000292. The molecule has 0 aliphatic carbocycles. The van der Waals surface area contributed by atoms with Crippen LogP contribution >= 0.6 is 11.6 Å². The molecule has 604 valence electrons. The molecule has 0 fully saturated rings. The number of ether oxygens (including phenoxy) is 3. The van der Waals surface area contributed by atoms with Crippen molar-refractivity contribution in [2.24, 2.45) is 0 Å². The fourth-order valence-electron chi connectivity index (χ4n) is 12.1. The monoisotopic (exact) mass is 1600 g/mol. The Morgan fingerprint density at radius 2 is 0.696 bits per heavy atom. The maximum atomic E-state index is 10.8. The van der Waals surface area contributed by atoms with Gasteiger partial charge < -0.3 is 57.3 Å². The molecule has 1 aliphatic heterocycles. The molecule has 1 aliphatic rings. The van der Waals surface area contributed by atoms with Crippen molar-refractivity contribution in [3.8, 4) is 40.2 Å². The maximum Gasteiger partial charge on any atom is 0.335 e. The topological polar surface area (TPSA) is 258 Å². The number of carbonyl (C=O) groups excluding carboxylic acids is 4. The summed E-state index contributed by atoms with van der Waals surface area (Å²) in [6.07, 6.45) is 11.8. The molecule has 0 unspecified atom stereocenters. The number of esters is 3. The predicted molar refractivity (Wildman–Crippen MR) is 460 cm³/mol. The van der Waals surface area contributed by atoms with E-state index in [1.165, 1.54) is 77.2 Å². The quantitative estimate of drug-likeness (QED) is 0.0163. The number of aromatic hydroxyl groups is 4. The number of aryl methyl sites for hydroxylation is 6. The van der Waals surface area contributed by atoms with Crippen LogP contribution in [0.25, 0.3) is 30.4 Å². The highest BCUT2D eigenvalue weighted by Gasteiger charge is 2.31. The number of phenolic OH excluding ortho intramolecular Hbond substituents is 4. The number of carboxylic acids is 2. The highest BCUT2D eigenvalue weighted by Crippen LogP contribution is 2.39. The molecule has 6 N–H and O–H groups in total. The summed E-state index contributed by atoms with van der Waals surface area (Å²) in [5, 5.41) is 53.0. The van der Waals surface area contributed by atoms with Crippen LogP contribution in [0, 0.1) is 41.5 Å². The largest absolute Gasteiger partial charge is 1.00 e. The van der Waals surface area contributed by atoms with Crippen molar-refractivity contribution < 1.29 is 90.6 Å². The van der Waals surface area contributed by atoms with Crippen LogP contribution in [0.1, 0.15) is 214 Å². The normalized spacial score (nSPS) is 11.1. The van der Waals surface area contributed by atoms with Crippen LogP contribution in [0.4, 0.5) is 11.4 Å². The minimum absolute atomic E-state index is 0. The lowest BCUT2D eigenvalue weighted by molar-refractivity contribution is -0.425. The van der Waals surface area contributed by atoms with Crippen molar-refractivity contribution in [3.05, 3.63) is 307 Å². The second kappa shape index (κ2) is 46.6. The summed E-state index contributed by atoms with van der Waals surface area (Å²) >= 11 is 5.31. The lowest BCUT2D eigenvalue weighted by Gasteiger charge is -2.20. The molecule has 19 heteroatoms. The first-order valence-electron chi connectivity index (χ1n) is 37.2. The summed E-state index contributed by atoms with van der Waals surface area (Å²) in [5.41, 5.74) is 20.9. The minimum Gasteiger partial charge on any atom is -1.00 e. The van der Waals surface area contributed by atoms with E-state index in [0.29, 0.717) is 57.6 Å². The van der Waals surface area contributed by atoms with Gasteiger partial charge in [-0.3, -0.25) is 19.2 Å². The Morgan fingerprint density at radius 3 is 1.02 bits per heavy atom. The van der Waals surface area contributed by atoms with E-state index in [-0.39, 0.29) is 58.9 Å². The Morgan fingerprint density at radius 1 is 0.400 bits per heavy atom. The van der Waals surface area contributed by atoms with E-state index in [0.717, 1.165) is 70.2 Å². The van der Waals surface area contributed by atoms with Gasteiger partial charge in [0, 0.05) is 60.7 Å². The number of para-hydroxylation sites is 2. The van der Waals surface area contributed by atoms with Crippen LogP contribution in [-0.2, 0) is 14.4 Å². The zero-order valence-electron chi connectivity index (χ0n) is 68.5. The summed E-state index contributed by atoms with van der Waals surface area (Å²) in [4.78, 5) is 66.2. The van der Waals surface area contributed by atoms with Crippen molar-refractivity contribution in [1.29, 1.82) is 0 Å². The number of carboxylic acid groups (broad SMARTS) is 2. The molecule has 1 heterocycles. The molecule has 0 radical (unpaired) electrons. The number of hydrogen-bond donors (Lipinski definition) is 6. The summed E-state index contributed by atoms with van der Waals surface area (Å²) in [6.45, 7) is 40.1. The molecule has 0 bridgehead atoms. The molecule has 17 nitrogen and oxygen atoms in total. The molecule has 0 amide bonds. The Bertz CT molecular complexity index is 4640. The van der Waals surface area contributed by atoms with E-state index < -0.39 is 17.2 Å². The number of halogens is 2. The number of benzene rings is 10. The fraction of sp³-hybridized carbons (Fsp3) is 0.240.